The number of rotatable bonds is 5. The Bertz CT molecular complexity index is 1170. The number of carbonyl (C=O) groups is 1. The molecule has 1 aliphatic heterocycles. The molecule has 156 valence electrons. The number of amides is 1. The summed E-state index contributed by atoms with van der Waals surface area (Å²) in [7, 11) is 0. The lowest BCUT2D eigenvalue weighted by atomic mass is 10.2. The van der Waals surface area contributed by atoms with Gasteiger partial charge < -0.3 is 9.47 Å². The van der Waals surface area contributed by atoms with Crippen LogP contribution in [0.3, 0.4) is 0 Å². The van der Waals surface area contributed by atoms with Crippen LogP contribution in [-0.2, 0) is 13.1 Å². The molecule has 8 nitrogen and oxygen atoms in total. The van der Waals surface area contributed by atoms with Crippen molar-refractivity contribution in [2.45, 2.75) is 13.1 Å². The first-order chi connectivity index (χ1) is 15.3. The standard InChI is InChI=1S/C23H23N7O/c31-23(29-10-8-28(9-11-29)16-20-5-1-2-7-25-20)19-12-21-22(26-14-19)30(17-27-21)15-18-4-3-6-24-13-18/h1-7,12-14,17H,8-11,15-16H2. The first kappa shape index (κ1) is 19.3. The van der Waals surface area contributed by atoms with Crippen molar-refractivity contribution in [1.29, 1.82) is 0 Å². The van der Waals surface area contributed by atoms with Gasteiger partial charge in [-0.25, -0.2) is 9.97 Å². The zero-order valence-electron chi connectivity index (χ0n) is 17.1. The molecule has 4 aromatic heterocycles. The van der Waals surface area contributed by atoms with E-state index >= 15 is 0 Å². The lowest BCUT2D eigenvalue weighted by molar-refractivity contribution is 0.0627. The van der Waals surface area contributed by atoms with Crippen LogP contribution < -0.4 is 0 Å². The highest BCUT2D eigenvalue weighted by atomic mass is 16.2. The van der Waals surface area contributed by atoms with Crippen LogP contribution in [0.1, 0.15) is 21.6 Å². The number of nitrogens with zero attached hydrogens (tertiary/aromatic N) is 7. The van der Waals surface area contributed by atoms with Gasteiger partial charge in [-0.05, 0) is 29.8 Å². The maximum absolute atomic E-state index is 13.0. The van der Waals surface area contributed by atoms with E-state index in [1.54, 1.807) is 18.7 Å². The maximum atomic E-state index is 13.0. The molecule has 0 radical (unpaired) electrons. The van der Waals surface area contributed by atoms with Gasteiger partial charge >= 0.3 is 0 Å². The average molecular weight is 413 g/mol. The number of carbonyl (C=O) groups excluding carboxylic acids is 1. The van der Waals surface area contributed by atoms with Crippen molar-refractivity contribution in [3.8, 4) is 0 Å². The second-order valence-electron chi connectivity index (χ2n) is 7.69. The summed E-state index contributed by atoms with van der Waals surface area (Å²) in [6.45, 7) is 4.50. The minimum atomic E-state index is 0.00805. The number of imidazole rings is 1. The molecule has 0 N–H and O–H groups in total. The number of aromatic nitrogens is 5. The van der Waals surface area contributed by atoms with Crippen molar-refractivity contribution >= 4 is 17.1 Å². The van der Waals surface area contributed by atoms with Gasteiger partial charge in [0.2, 0.25) is 0 Å². The molecule has 1 fully saturated rings. The minimum absolute atomic E-state index is 0.00805. The van der Waals surface area contributed by atoms with Gasteiger partial charge in [0.1, 0.15) is 5.52 Å². The average Bonchev–Trinajstić information content (AvgIpc) is 3.22. The third-order valence-electron chi connectivity index (χ3n) is 5.55. The van der Waals surface area contributed by atoms with Gasteiger partial charge in [-0.2, -0.15) is 0 Å². The molecule has 0 spiro atoms. The molecule has 4 aromatic rings. The highest BCUT2D eigenvalue weighted by Crippen LogP contribution is 2.16. The summed E-state index contributed by atoms with van der Waals surface area (Å²) in [6.07, 6.45) is 8.82. The molecule has 0 unspecified atom stereocenters. The molecule has 31 heavy (non-hydrogen) atoms. The molecule has 0 saturated carbocycles. The molecular weight excluding hydrogens is 390 g/mol. The SMILES string of the molecule is O=C(c1cnc2c(c1)ncn2Cc1cccnc1)N1CCN(Cc2ccccn2)CC1. The van der Waals surface area contributed by atoms with Crippen LogP contribution in [0, 0.1) is 0 Å². The van der Waals surface area contributed by atoms with Gasteiger partial charge in [0.15, 0.2) is 5.65 Å². The van der Waals surface area contributed by atoms with Crippen molar-refractivity contribution in [3.63, 3.8) is 0 Å². The molecule has 1 aliphatic rings. The summed E-state index contributed by atoms with van der Waals surface area (Å²) in [5, 5.41) is 0. The second kappa shape index (κ2) is 8.61. The Balaban J connectivity index is 1.24. The largest absolute Gasteiger partial charge is 0.336 e. The maximum Gasteiger partial charge on any atom is 0.255 e. The van der Waals surface area contributed by atoms with E-state index in [0.717, 1.165) is 42.1 Å². The van der Waals surface area contributed by atoms with E-state index in [2.05, 4.69) is 24.8 Å². The van der Waals surface area contributed by atoms with Crippen molar-refractivity contribution in [2.75, 3.05) is 26.2 Å². The molecule has 5 heterocycles. The van der Waals surface area contributed by atoms with Crippen LogP contribution in [0.25, 0.3) is 11.2 Å². The smallest absolute Gasteiger partial charge is 0.255 e. The fourth-order valence-electron chi connectivity index (χ4n) is 3.88. The summed E-state index contributed by atoms with van der Waals surface area (Å²) in [6, 6.07) is 11.7. The zero-order valence-corrected chi connectivity index (χ0v) is 17.1. The molecular formula is C23H23N7O. The van der Waals surface area contributed by atoms with Gasteiger partial charge in [-0.15, -0.1) is 0 Å². The van der Waals surface area contributed by atoms with Crippen LogP contribution in [0.2, 0.25) is 0 Å². The molecule has 0 atom stereocenters. The summed E-state index contributed by atoms with van der Waals surface area (Å²) in [5.74, 6) is 0.00805. The van der Waals surface area contributed by atoms with Crippen molar-refractivity contribution in [2.24, 2.45) is 0 Å². The Morgan fingerprint density at radius 3 is 2.58 bits per heavy atom. The fraction of sp³-hybridized carbons (Fsp3) is 0.261. The number of hydrogen-bond acceptors (Lipinski definition) is 6. The number of piperazine rings is 1. The first-order valence-electron chi connectivity index (χ1n) is 10.4. The predicted octanol–water partition coefficient (Wildman–Crippen LogP) is 2.23. The number of pyridine rings is 3. The van der Waals surface area contributed by atoms with Gasteiger partial charge in [0, 0.05) is 57.5 Å². The summed E-state index contributed by atoms with van der Waals surface area (Å²) < 4.78 is 1.97. The Kier molecular flexibility index (Phi) is 5.37. The Labute approximate surface area is 180 Å². The third kappa shape index (κ3) is 4.29. The quantitative estimate of drug-likeness (QED) is 0.499. The molecule has 0 bridgehead atoms. The van der Waals surface area contributed by atoms with Gasteiger partial charge in [-0.3, -0.25) is 19.7 Å². The zero-order chi connectivity index (χ0) is 21.0. The van der Waals surface area contributed by atoms with E-state index < -0.39 is 0 Å². The fourth-order valence-corrected chi connectivity index (χ4v) is 3.88. The normalized spacial score (nSPS) is 14.8. The van der Waals surface area contributed by atoms with E-state index in [1.165, 1.54) is 0 Å². The van der Waals surface area contributed by atoms with E-state index in [0.29, 0.717) is 25.2 Å². The van der Waals surface area contributed by atoms with Gasteiger partial charge in [-0.1, -0.05) is 12.1 Å². The number of hydrogen-bond donors (Lipinski definition) is 0. The molecule has 0 aromatic carbocycles. The molecule has 8 heteroatoms. The molecule has 5 rings (SSSR count). The van der Waals surface area contributed by atoms with Crippen molar-refractivity contribution < 1.29 is 4.79 Å². The Morgan fingerprint density at radius 1 is 0.903 bits per heavy atom. The molecule has 1 saturated heterocycles. The Morgan fingerprint density at radius 2 is 1.81 bits per heavy atom. The number of fused-ring (bicyclic) bond motifs is 1. The first-order valence-corrected chi connectivity index (χ1v) is 10.4. The van der Waals surface area contributed by atoms with Gasteiger partial charge in [0.05, 0.1) is 24.1 Å². The lowest BCUT2D eigenvalue weighted by Gasteiger charge is -2.34. The predicted molar refractivity (Wildman–Crippen MR) is 116 cm³/mol. The van der Waals surface area contributed by atoms with Crippen LogP contribution in [0.5, 0.6) is 0 Å². The molecule has 0 aliphatic carbocycles. The molecule has 1 amide bonds. The van der Waals surface area contributed by atoms with Crippen molar-refractivity contribution in [1.82, 2.24) is 34.3 Å². The van der Waals surface area contributed by atoms with E-state index in [9.17, 15) is 4.79 Å². The monoisotopic (exact) mass is 413 g/mol. The third-order valence-corrected chi connectivity index (χ3v) is 5.55. The summed E-state index contributed by atoms with van der Waals surface area (Å²) >= 11 is 0. The highest BCUT2D eigenvalue weighted by Gasteiger charge is 2.23. The summed E-state index contributed by atoms with van der Waals surface area (Å²) in [4.78, 5) is 34.8. The second-order valence-corrected chi connectivity index (χ2v) is 7.69. The van der Waals surface area contributed by atoms with Crippen LogP contribution in [-0.4, -0.2) is 66.4 Å². The van der Waals surface area contributed by atoms with Crippen molar-refractivity contribution in [3.05, 3.63) is 84.3 Å². The summed E-state index contributed by atoms with van der Waals surface area (Å²) in [5.41, 5.74) is 4.20. The van der Waals surface area contributed by atoms with Crippen LogP contribution in [0.15, 0.2) is 67.5 Å². The van der Waals surface area contributed by atoms with Crippen LogP contribution in [0.4, 0.5) is 0 Å². The van der Waals surface area contributed by atoms with Crippen LogP contribution >= 0.6 is 0 Å². The van der Waals surface area contributed by atoms with E-state index in [1.807, 2.05) is 58.3 Å². The van der Waals surface area contributed by atoms with E-state index in [4.69, 9.17) is 0 Å². The van der Waals surface area contributed by atoms with E-state index in [-0.39, 0.29) is 5.91 Å². The topological polar surface area (TPSA) is 80.0 Å². The Hall–Kier alpha value is -3.65. The van der Waals surface area contributed by atoms with Gasteiger partial charge in [0.25, 0.3) is 5.91 Å². The lowest BCUT2D eigenvalue weighted by Crippen LogP contribution is -2.48. The minimum Gasteiger partial charge on any atom is -0.336 e. The highest BCUT2D eigenvalue weighted by molar-refractivity contribution is 5.96.